The van der Waals surface area contributed by atoms with Gasteiger partial charge in [-0.3, -0.25) is 9.80 Å². The Morgan fingerprint density at radius 3 is 2.43 bits per heavy atom. The van der Waals surface area contributed by atoms with Gasteiger partial charge in [-0.2, -0.15) is 0 Å². The Kier molecular flexibility index (Phi) is 4.87. The van der Waals surface area contributed by atoms with Crippen molar-refractivity contribution in [2.75, 3.05) is 26.7 Å². The summed E-state index contributed by atoms with van der Waals surface area (Å²) in [6.45, 7) is 10.4. The number of hydrogen-bond acceptors (Lipinski definition) is 5. The van der Waals surface area contributed by atoms with Crippen molar-refractivity contribution in [2.24, 2.45) is 0 Å². The van der Waals surface area contributed by atoms with E-state index in [0.29, 0.717) is 13.1 Å². The van der Waals surface area contributed by atoms with Crippen LogP contribution in [0.5, 0.6) is 0 Å². The molecule has 7 nitrogen and oxygen atoms in total. The molecular formula is C21H29N5O2. The maximum atomic E-state index is 12.2. The number of piperidine rings is 1. The Morgan fingerprint density at radius 2 is 1.79 bits per heavy atom. The van der Waals surface area contributed by atoms with Crippen LogP contribution in [0.1, 0.15) is 41.2 Å². The van der Waals surface area contributed by atoms with Crippen LogP contribution in [0.2, 0.25) is 0 Å². The summed E-state index contributed by atoms with van der Waals surface area (Å²) in [5, 5.41) is 8.62. The van der Waals surface area contributed by atoms with Gasteiger partial charge in [0, 0.05) is 26.2 Å². The first kappa shape index (κ1) is 18.9. The Balaban J connectivity index is 1.53. The van der Waals surface area contributed by atoms with Crippen molar-refractivity contribution < 1.29 is 9.53 Å². The van der Waals surface area contributed by atoms with Gasteiger partial charge in [0.05, 0.1) is 19.2 Å². The summed E-state index contributed by atoms with van der Waals surface area (Å²) in [7, 11) is 1.44. The van der Waals surface area contributed by atoms with E-state index in [0.717, 1.165) is 44.1 Å². The summed E-state index contributed by atoms with van der Waals surface area (Å²) in [6.07, 6.45) is 1.65. The van der Waals surface area contributed by atoms with Crippen LogP contribution < -0.4 is 0 Å². The number of nitrogens with zero attached hydrogens (tertiary/aromatic N) is 5. The molecule has 1 fully saturated rings. The van der Waals surface area contributed by atoms with E-state index in [2.05, 4.69) is 51.7 Å². The van der Waals surface area contributed by atoms with Crippen LogP contribution in [0, 0.1) is 20.8 Å². The van der Waals surface area contributed by atoms with E-state index in [1.807, 2.05) is 6.92 Å². The molecule has 1 aromatic heterocycles. The fourth-order valence-corrected chi connectivity index (χ4v) is 4.96. The van der Waals surface area contributed by atoms with E-state index in [1.54, 1.807) is 4.90 Å². The number of carbonyl (C=O) groups is 1. The van der Waals surface area contributed by atoms with E-state index in [4.69, 9.17) is 4.74 Å². The predicted molar refractivity (Wildman–Crippen MR) is 106 cm³/mol. The smallest absolute Gasteiger partial charge is 0.409 e. The first-order valence-corrected chi connectivity index (χ1v) is 9.94. The van der Waals surface area contributed by atoms with Gasteiger partial charge in [-0.1, -0.05) is 29.3 Å². The van der Waals surface area contributed by atoms with Crippen LogP contribution in [0.3, 0.4) is 0 Å². The maximum Gasteiger partial charge on any atom is 0.409 e. The van der Waals surface area contributed by atoms with E-state index < -0.39 is 0 Å². The van der Waals surface area contributed by atoms with Crippen molar-refractivity contribution in [1.29, 1.82) is 0 Å². The molecule has 150 valence electrons. The lowest BCUT2D eigenvalue weighted by Gasteiger charge is -2.48. The molecule has 2 aliphatic heterocycles. The highest BCUT2D eigenvalue weighted by atomic mass is 16.5. The lowest BCUT2D eigenvalue weighted by Crippen LogP contribution is -2.57. The third-order valence-electron chi connectivity index (χ3n) is 6.09. The highest BCUT2D eigenvalue weighted by molar-refractivity contribution is 5.67. The van der Waals surface area contributed by atoms with Crippen molar-refractivity contribution in [2.45, 2.75) is 52.2 Å². The number of fused-ring (bicyclic) bond motifs is 2. The molecule has 0 saturated carbocycles. The van der Waals surface area contributed by atoms with Gasteiger partial charge in [0.25, 0.3) is 0 Å². The zero-order chi connectivity index (χ0) is 19.9. The molecule has 1 saturated heterocycles. The number of benzene rings is 1. The number of aromatic nitrogens is 3. The number of likely N-dealkylation sites (tertiary alicyclic amines) is 1. The third-order valence-corrected chi connectivity index (χ3v) is 6.09. The van der Waals surface area contributed by atoms with E-state index in [1.165, 1.54) is 23.8 Å². The number of rotatable bonds is 2. The summed E-state index contributed by atoms with van der Waals surface area (Å²) >= 11 is 0. The average Bonchev–Trinajstić information content (AvgIpc) is 3.04. The van der Waals surface area contributed by atoms with Gasteiger partial charge < -0.3 is 9.30 Å². The number of aryl methyl sites for hydroxylation is 3. The Bertz CT molecular complexity index is 863. The van der Waals surface area contributed by atoms with Crippen LogP contribution >= 0.6 is 0 Å². The lowest BCUT2D eigenvalue weighted by atomic mass is 9.84. The molecule has 1 spiro atoms. The molecule has 2 aromatic rings. The maximum absolute atomic E-state index is 12.2. The minimum Gasteiger partial charge on any atom is -0.453 e. The van der Waals surface area contributed by atoms with Gasteiger partial charge in [0.15, 0.2) is 5.82 Å². The molecule has 0 aliphatic carbocycles. The highest BCUT2D eigenvalue weighted by Gasteiger charge is 2.45. The van der Waals surface area contributed by atoms with Crippen LogP contribution in [-0.4, -0.2) is 57.4 Å². The molecule has 0 radical (unpaired) electrons. The average molecular weight is 383 g/mol. The SMILES string of the molecule is COC(=O)N1Cc2nnc(C)n2C2(CCN(Cc3cc(C)cc(C)c3)CC2)C1. The molecular weight excluding hydrogens is 354 g/mol. The van der Waals surface area contributed by atoms with Crippen LogP contribution in [-0.2, 0) is 23.4 Å². The zero-order valence-corrected chi connectivity index (χ0v) is 17.2. The van der Waals surface area contributed by atoms with Gasteiger partial charge in [-0.05, 0) is 39.2 Å². The predicted octanol–water partition coefficient (Wildman–Crippen LogP) is 2.78. The minimum absolute atomic E-state index is 0.144. The lowest BCUT2D eigenvalue weighted by molar-refractivity contribution is 0.0320. The molecule has 7 heteroatoms. The molecule has 2 aliphatic rings. The second-order valence-electron chi connectivity index (χ2n) is 8.32. The molecule has 4 rings (SSSR count). The fraction of sp³-hybridized carbons (Fsp3) is 0.571. The van der Waals surface area contributed by atoms with Crippen molar-refractivity contribution in [1.82, 2.24) is 24.6 Å². The summed E-state index contributed by atoms with van der Waals surface area (Å²) < 4.78 is 7.27. The molecule has 3 heterocycles. The van der Waals surface area contributed by atoms with Crippen molar-refractivity contribution in [3.05, 3.63) is 46.5 Å². The van der Waals surface area contributed by atoms with Crippen LogP contribution in [0.15, 0.2) is 18.2 Å². The fourth-order valence-electron chi connectivity index (χ4n) is 4.96. The summed E-state index contributed by atoms with van der Waals surface area (Å²) in [4.78, 5) is 16.5. The molecule has 0 bridgehead atoms. The van der Waals surface area contributed by atoms with E-state index >= 15 is 0 Å². The van der Waals surface area contributed by atoms with E-state index in [9.17, 15) is 4.79 Å². The molecule has 1 amide bonds. The summed E-state index contributed by atoms with van der Waals surface area (Å²) in [5.74, 6) is 1.79. The summed E-state index contributed by atoms with van der Waals surface area (Å²) in [5.41, 5.74) is 3.85. The van der Waals surface area contributed by atoms with Crippen LogP contribution in [0.25, 0.3) is 0 Å². The largest absolute Gasteiger partial charge is 0.453 e. The zero-order valence-electron chi connectivity index (χ0n) is 17.2. The quantitative estimate of drug-likeness (QED) is 0.798. The van der Waals surface area contributed by atoms with Crippen molar-refractivity contribution >= 4 is 6.09 Å². The molecule has 0 N–H and O–H groups in total. The topological polar surface area (TPSA) is 63.5 Å². The van der Waals surface area contributed by atoms with Gasteiger partial charge in [0.1, 0.15) is 5.82 Å². The monoisotopic (exact) mass is 383 g/mol. The van der Waals surface area contributed by atoms with Crippen LogP contribution in [0.4, 0.5) is 4.79 Å². The molecule has 28 heavy (non-hydrogen) atoms. The Labute approximate surface area is 166 Å². The number of ether oxygens (including phenoxy) is 1. The second kappa shape index (κ2) is 7.20. The molecule has 0 atom stereocenters. The minimum atomic E-state index is -0.288. The molecule has 1 aromatic carbocycles. The first-order valence-electron chi connectivity index (χ1n) is 9.94. The second-order valence-corrected chi connectivity index (χ2v) is 8.32. The summed E-state index contributed by atoms with van der Waals surface area (Å²) in [6, 6.07) is 6.77. The number of carbonyl (C=O) groups excluding carboxylic acids is 1. The molecule has 0 unspecified atom stereocenters. The normalized spacial score (nSPS) is 18.9. The number of methoxy groups -OCH3 is 1. The standard InChI is InChI=1S/C21H29N5O2/c1-15-9-16(2)11-18(10-15)12-24-7-5-21(6-8-24)14-25(20(27)28-4)13-19-23-22-17(3)26(19)21/h9-11H,5-8,12-14H2,1-4H3. The van der Waals surface area contributed by atoms with Crippen molar-refractivity contribution in [3.63, 3.8) is 0 Å². The van der Waals surface area contributed by atoms with Gasteiger partial charge in [-0.15, -0.1) is 10.2 Å². The van der Waals surface area contributed by atoms with Gasteiger partial charge in [0.2, 0.25) is 0 Å². The van der Waals surface area contributed by atoms with Gasteiger partial charge >= 0.3 is 6.09 Å². The Hall–Kier alpha value is -2.41. The number of hydrogen-bond donors (Lipinski definition) is 0. The Morgan fingerprint density at radius 1 is 1.11 bits per heavy atom. The van der Waals surface area contributed by atoms with E-state index in [-0.39, 0.29) is 11.6 Å². The number of amides is 1. The van der Waals surface area contributed by atoms with Gasteiger partial charge in [-0.25, -0.2) is 4.79 Å². The third kappa shape index (κ3) is 3.39. The first-order chi connectivity index (χ1) is 13.4. The highest BCUT2D eigenvalue weighted by Crippen LogP contribution is 2.37. The van der Waals surface area contributed by atoms with Crippen molar-refractivity contribution in [3.8, 4) is 0 Å².